The van der Waals surface area contributed by atoms with Crippen molar-refractivity contribution in [1.82, 2.24) is 0 Å². The Morgan fingerprint density at radius 1 is 1.20 bits per heavy atom. The molecule has 0 bridgehead atoms. The van der Waals surface area contributed by atoms with Gasteiger partial charge in [-0.25, -0.2) is 9.79 Å². The zero-order valence-electron chi connectivity index (χ0n) is 16.7. The first-order valence-corrected chi connectivity index (χ1v) is 11.3. The molecule has 1 aliphatic heterocycles. The molecule has 0 spiro atoms. The lowest BCUT2D eigenvalue weighted by Crippen LogP contribution is -2.12. The number of halogens is 3. The second kappa shape index (κ2) is 10.0. The van der Waals surface area contributed by atoms with Crippen LogP contribution >= 0.6 is 45.8 Å². The normalized spacial score (nSPS) is 15.7. The van der Waals surface area contributed by atoms with Gasteiger partial charge in [0.1, 0.15) is 0 Å². The van der Waals surface area contributed by atoms with E-state index in [0.717, 1.165) is 15.6 Å². The minimum atomic E-state index is -0.538. The van der Waals surface area contributed by atoms with E-state index < -0.39 is 5.97 Å². The quantitative estimate of drug-likeness (QED) is 0.220. The summed E-state index contributed by atoms with van der Waals surface area (Å²) in [5, 5.41) is 0.775. The van der Waals surface area contributed by atoms with E-state index in [2.05, 4.69) is 34.5 Å². The smallest absolute Gasteiger partial charge is 0.363 e. The van der Waals surface area contributed by atoms with Gasteiger partial charge in [0.2, 0.25) is 5.90 Å². The SMILES string of the molecule is CCOc1cc(/C=C2\N=C(c3ccc(Cl)c(Cl)c3)OC2=O)cc(I)c1OC(C)CC. The Bertz CT molecular complexity index is 1040. The Balaban J connectivity index is 1.96. The van der Waals surface area contributed by atoms with Gasteiger partial charge in [-0.05, 0) is 84.8 Å². The predicted molar refractivity (Wildman–Crippen MR) is 128 cm³/mol. The van der Waals surface area contributed by atoms with Gasteiger partial charge in [-0.1, -0.05) is 30.1 Å². The standard InChI is InChI=1S/C22H20Cl2INO4/c1-4-12(3)29-20-17(25)8-13(10-19(20)28-5-2)9-18-22(27)30-21(26-18)14-6-7-15(23)16(24)11-14/h6-12H,4-5H2,1-3H3/b18-9-. The summed E-state index contributed by atoms with van der Waals surface area (Å²) in [5.74, 6) is 0.963. The highest BCUT2D eigenvalue weighted by atomic mass is 127. The Morgan fingerprint density at radius 2 is 1.97 bits per heavy atom. The highest BCUT2D eigenvalue weighted by Gasteiger charge is 2.25. The molecule has 0 aliphatic carbocycles. The number of cyclic esters (lactones) is 1. The fourth-order valence-corrected chi connectivity index (χ4v) is 3.70. The molecule has 0 radical (unpaired) electrons. The first-order valence-electron chi connectivity index (χ1n) is 9.43. The number of benzene rings is 2. The molecule has 0 saturated heterocycles. The summed E-state index contributed by atoms with van der Waals surface area (Å²) in [7, 11) is 0. The number of hydrogen-bond acceptors (Lipinski definition) is 5. The Kier molecular flexibility index (Phi) is 7.65. The van der Waals surface area contributed by atoms with Crippen LogP contribution in [0.15, 0.2) is 41.0 Å². The highest BCUT2D eigenvalue weighted by Crippen LogP contribution is 2.36. The van der Waals surface area contributed by atoms with Gasteiger partial charge in [-0.15, -0.1) is 0 Å². The number of nitrogens with zero attached hydrogens (tertiary/aromatic N) is 1. The lowest BCUT2D eigenvalue weighted by atomic mass is 10.1. The molecule has 1 atom stereocenters. The molecule has 5 nitrogen and oxygen atoms in total. The molecule has 1 heterocycles. The van der Waals surface area contributed by atoms with Crippen molar-refractivity contribution in [2.75, 3.05) is 6.61 Å². The molecule has 0 amide bonds. The number of aliphatic imine (C=N–C) groups is 1. The number of carbonyl (C=O) groups is 1. The van der Waals surface area contributed by atoms with Crippen molar-refractivity contribution in [3.8, 4) is 11.5 Å². The fourth-order valence-electron chi connectivity index (χ4n) is 2.65. The maximum atomic E-state index is 12.3. The van der Waals surface area contributed by atoms with Crippen molar-refractivity contribution >= 4 is 63.7 Å². The molecule has 2 aromatic carbocycles. The maximum absolute atomic E-state index is 12.3. The average molecular weight is 560 g/mol. The zero-order valence-corrected chi connectivity index (χ0v) is 20.3. The molecule has 8 heteroatoms. The first-order chi connectivity index (χ1) is 14.3. The van der Waals surface area contributed by atoms with Crippen LogP contribution in [0.5, 0.6) is 11.5 Å². The summed E-state index contributed by atoms with van der Waals surface area (Å²) < 4.78 is 18.0. The minimum Gasteiger partial charge on any atom is -0.490 e. The number of rotatable bonds is 7. The molecule has 0 aromatic heterocycles. The molecular weight excluding hydrogens is 540 g/mol. The van der Waals surface area contributed by atoms with Crippen molar-refractivity contribution in [3.63, 3.8) is 0 Å². The molecule has 0 N–H and O–H groups in total. The number of carbonyl (C=O) groups excluding carboxylic acids is 1. The van der Waals surface area contributed by atoms with Crippen LogP contribution in [0, 0.1) is 3.57 Å². The minimum absolute atomic E-state index is 0.0603. The van der Waals surface area contributed by atoms with Crippen LogP contribution in [-0.4, -0.2) is 24.6 Å². The summed E-state index contributed by atoms with van der Waals surface area (Å²) >= 11 is 14.2. The zero-order chi connectivity index (χ0) is 21.8. The molecule has 1 unspecified atom stereocenters. The van der Waals surface area contributed by atoms with E-state index in [1.165, 1.54) is 0 Å². The van der Waals surface area contributed by atoms with Crippen molar-refractivity contribution < 1.29 is 19.0 Å². The van der Waals surface area contributed by atoms with Crippen molar-refractivity contribution in [3.05, 3.63) is 60.8 Å². The van der Waals surface area contributed by atoms with Gasteiger partial charge in [0.25, 0.3) is 0 Å². The highest BCUT2D eigenvalue weighted by molar-refractivity contribution is 14.1. The van der Waals surface area contributed by atoms with Crippen molar-refractivity contribution in [2.45, 2.75) is 33.3 Å². The third kappa shape index (κ3) is 5.28. The molecule has 158 valence electrons. The van der Waals surface area contributed by atoms with Crippen LogP contribution in [0.2, 0.25) is 10.0 Å². The molecule has 0 saturated carbocycles. The van der Waals surface area contributed by atoms with Crippen LogP contribution < -0.4 is 9.47 Å². The lowest BCUT2D eigenvalue weighted by Gasteiger charge is -2.18. The maximum Gasteiger partial charge on any atom is 0.363 e. The third-order valence-corrected chi connectivity index (χ3v) is 5.86. The van der Waals surface area contributed by atoms with Crippen LogP contribution in [0.4, 0.5) is 0 Å². The summed E-state index contributed by atoms with van der Waals surface area (Å²) in [5.41, 5.74) is 1.51. The Hall–Kier alpha value is -1.77. The topological polar surface area (TPSA) is 57.1 Å². The fraction of sp³-hybridized carbons (Fsp3) is 0.273. The van der Waals surface area contributed by atoms with E-state index >= 15 is 0 Å². The van der Waals surface area contributed by atoms with Gasteiger partial charge in [0.15, 0.2) is 17.2 Å². The van der Waals surface area contributed by atoms with Crippen LogP contribution in [-0.2, 0) is 9.53 Å². The first kappa shape index (κ1) is 22.9. The monoisotopic (exact) mass is 559 g/mol. The van der Waals surface area contributed by atoms with Gasteiger partial charge in [-0.3, -0.25) is 0 Å². The number of esters is 1. The van der Waals surface area contributed by atoms with E-state index in [0.29, 0.717) is 33.7 Å². The third-order valence-electron chi connectivity index (χ3n) is 4.32. The van der Waals surface area contributed by atoms with E-state index in [9.17, 15) is 4.79 Å². The molecule has 1 aliphatic rings. The van der Waals surface area contributed by atoms with Crippen LogP contribution in [0.1, 0.15) is 38.3 Å². The molecular formula is C22H20Cl2INO4. The van der Waals surface area contributed by atoms with E-state index in [1.54, 1.807) is 24.3 Å². The Labute approximate surface area is 199 Å². The summed E-state index contributed by atoms with van der Waals surface area (Å²) in [6, 6.07) is 8.67. The van der Waals surface area contributed by atoms with E-state index in [-0.39, 0.29) is 17.7 Å². The molecule has 2 aromatic rings. The van der Waals surface area contributed by atoms with Gasteiger partial charge < -0.3 is 14.2 Å². The molecule has 0 fully saturated rings. The molecule has 3 rings (SSSR count). The summed E-state index contributed by atoms with van der Waals surface area (Å²) in [6.45, 7) is 6.48. The van der Waals surface area contributed by atoms with Gasteiger partial charge in [-0.2, -0.15) is 0 Å². The predicted octanol–water partition coefficient (Wildman–Crippen LogP) is 6.52. The average Bonchev–Trinajstić information content (AvgIpc) is 3.07. The summed E-state index contributed by atoms with van der Waals surface area (Å²) in [4.78, 5) is 16.7. The van der Waals surface area contributed by atoms with Crippen LogP contribution in [0.25, 0.3) is 6.08 Å². The summed E-state index contributed by atoms with van der Waals surface area (Å²) in [6.07, 6.45) is 2.60. The van der Waals surface area contributed by atoms with Crippen molar-refractivity contribution in [2.24, 2.45) is 4.99 Å². The lowest BCUT2D eigenvalue weighted by molar-refractivity contribution is -0.129. The Morgan fingerprint density at radius 3 is 2.63 bits per heavy atom. The second-order valence-electron chi connectivity index (χ2n) is 6.56. The van der Waals surface area contributed by atoms with Crippen LogP contribution in [0.3, 0.4) is 0 Å². The van der Waals surface area contributed by atoms with Crippen molar-refractivity contribution in [1.29, 1.82) is 0 Å². The number of ether oxygens (including phenoxy) is 3. The largest absolute Gasteiger partial charge is 0.490 e. The van der Waals surface area contributed by atoms with Gasteiger partial charge in [0.05, 0.1) is 26.3 Å². The van der Waals surface area contributed by atoms with E-state index in [4.69, 9.17) is 37.4 Å². The number of hydrogen-bond donors (Lipinski definition) is 0. The second-order valence-corrected chi connectivity index (χ2v) is 8.54. The molecule has 30 heavy (non-hydrogen) atoms. The van der Waals surface area contributed by atoms with Gasteiger partial charge >= 0.3 is 5.97 Å². The van der Waals surface area contributed by atoms with Gasteiger partial charge in [0, 0.05) is 5.56 Å². The van der Waals surface area contributed by atoms with E-state index in [1.807, 2.05) is 26.0 Å².